The topological polar surface area (TPSA) is 50.9 Å². The van der Waals surface area contributed by atoms with Crippen LogP contribution < -0.4 is 11.1 Å². The summed E-state index contributed by atoms with van der Waals surface area (Å²) in [6, 6.07) is 8.43. The first-order chi connectivity index (χ1) is 10.1. The summed E-state index contributed by atoms with van der Waals surface area (Å²) in [5, 5.41) is 3.26. The quantitative estimate of drug-likeness (QED) is 0.853. The molecule has 0 saturated carbocycles. The van der Waals surface area contributed by atoms with Crippen LogP contribution in [0.3, 0.4) is 0 Å². The van der Waals surface area contributed by atoms with Gasteiger partial charge in [0.15, 0.2) is 0 Å². The van der Waals surface area contributed by atoms with Crippen molar-refractivity contribution in [3.8, 4) is 0 Å². The predicted octanol–water partition coefficient (Wildman–Crippen LogP) is 2.96. The highest BCUT2D eigenvalue weighted by molar-refractivity contribution is 7.80. The van der Waals surface area contributed by atoms with Gasteiger partial charge in [-0.25, -0.2) is 9.37 Å². The minimum atomic E-state index is -0.238. The van der Waals surface area contributed by atoms with Crippen molar-refractivity contribution >= 4 is 23.0 Å². The Labute approximate surface area is 128 Å². The highest BCUT2D eigenvalue weighted by atomic mass is 32.1. The third kappa shape index (κ3) is 3.03. The molecular weight excluding hydrogens is 285 g/mol. The molecule has 0 atom stereocenters. The number of aromatic nitrogens is 1. The minimum absolute atomic E-state index is 0.238. The van der Waals surface area contributed by atoms with Crippen molar-refractivity contribution in [2.45, 2.75) is 25.8 Å². The summed E-state index contributed by atoms with van der Waals surface area (Å²) in [6.07, 6.45) is 3.16. The molecule has 108 valence electrons. The van der Waals surface area contributed by atoms with Gasteiger partial charge in [0.1, 0.15) is 16.6 Å². The van der Waals surface area contributed by atoms with Crippen LogP contribution in [-0.4, -0.2) is 9.97 Å². The van der Waals surface area contributed by atoms with Gasteiger partial charge in [0.2, 0.25) is 0 Å². The molecule has 1 aliphatic carbocycles. The molecule has 0 spiro atoms. The van der Waals surface area contributed by atoms with E-state index in [2.05, 4.69) is 10.3 Å². The van der Waals surface area contributed by atoms with Crippen LogP contribution in [0.2, 0.25) is 0 Å². The van der Waals surface area contributed by atoms with E-state index in [0.717, 1.165) is 36.1 Å². The Morgan fingerprint density at radius 3 is 2.76 bits per heavy atom. The van der Waals surface area contributed by atoms with Gasteiger partial charge in [-0.2, -0.15) is 0 Å². The van der Waals surface area contributed by atoms with E-state index in [4.69, 9.17) is 18.0 Å². The molecule has 0 radical (unpaired) electrons. The fourth-order valence-corrected chi connectivity index (χ4v) is 2.74. The van der Waals surface area contributed by atoms with Crippen LogP contribution in [0.5, 0.6) is 0 Å². The molecule has 1 aromatic heterocycles. The number of hydrogen-bond acceptors (Lipinski definition) is 3. The monoisotopic (exact) mass is 301 g/mol. The number of rotatable bonds is 4. The standard InChI is InChI=1S/C16H16FN3S/c17-12-6-4-10(5-7-12)9-19-16-13(15(18)21)8-11-2-1-3-14(11)20-16/h4-8H,1-3,9H2,(H2,18,21)(H,19,20). The predicted molar refractivity (Wildman–Crippen MR) is 85.9 cm³/mol. The van der Waals surface area contributed by atoms with Crippen LogP contribution in [0, 0.1) is 5.82 Å². The van der Waals surface area contributed by atoms with E-state index in [-0.39, 0.29) is 5.82 Å². The summed E-state index contributed by atoms with van der Waals surface area (Å²) >= 11 is 5.12. The molecule has 1 heterocycles. The second-order valence-corrected chi connectivity index (χ2v) is 5.63. The van der Waals surface area contributed by atoms with E-state index in [1.807, 2.05) is 6.07 Å². The summed E-state index contributed by atoms with van der Waals surface area (Å²) < 4.78 is 12.9. The molecule has 0 saturated heterocycles. The first-order valence-electron chi connectivity index (χ1n) is 6.94. The summed E-state index contributed by atoms with van der Waals surface area (Å²) in [5.74, 6) is 0.478. The van der Waals surface area contributed by atoms with Gasteiger partial charge in [-0.1, -0.05) is 24.4 Å². The maximum absolute atomic E-state index is 12.9. The average molecular weight is 301 g/mol. The Hall–Kier alpha value is -2.01. The van der Waals surface area contributed by atoms with Crippen LogP contribution in [0.25, 0.3) is 0 Å². The molecule has 0 unspecified atom stereocenters. The first kappa shape index (κ1) is 13.9. The number of nitrogens with one attached hydrogen (secondary N) is 1. The van der Waals surface area contributed by atoms with Crippen molar-refractivity contribution in [1.82, 2.24) is 4.98 Å². The Bertz CT molecular complexity index is 683. The van der Waals surface area contributed by atoms with Gasteiger partial charge < -0.3 is 11.1 Å². The zero-order valence-corrected chi connectivity index (χ0v) is 12.3. The number of pyridine rings is 1. The van der Waals surface area contributed by atoms with E-state index in [0.29, 0.717) is 17.4 Å². The Kier molecular flexibility index (Phi) is 3.84. The van der Waals surface area contributed by atoms with Crippen LogP contribution >= 0.6 is 12.2 Å². The molecule has 3 rings (SSSR count). The normalized spacial score (nSPS) is 13.0. The molecule has 0 amide bonds. The number of benzene rings is 1. The number of hydrogen-bond donors (Lipinski definition) is 2. The van der Waals surface area contributed by atoms with Crippen LogP contribution in [0.15, 0.2) is 30.3 Å². The van der Waals surface area contributed by atoms with Crippen LogP contribution in [0.4, 0.5) is 10.2 Å². The number of thiocarbonyl (C=S) groups is 1. The van der Waals surface area contributed by atoms with Crippen molar-refractivity contribution in [3.63, 3.8) is 0 Å². The lowest BCUT2D eigenvalue weighted by molar-refractivity contribution is 0.627. The third-order valence-corrected chi connectivity index (χ3v) is 3.91. The smallest absolute Gasteiger partial charge is 0.136 e. The van der Waals surface area contributed by atoms with E-state index < -0.39 is 0 Å². The molecule has 1 aromatic carbocycles. The Balaban J connectivity index is 1.84. The number of anilines is 1. The van der Waals surface area contributed by atoms with Crippen LogP contribution in [0.1, 0.15) is 28.8 Å². The van der Waals surface area contributed by atoms with Crippen LogP contribution in [-0.2, 0) is 19.4 Å². The minimum Gasteiger partial charge on any atom is -0.389 e. The number of aryl methyl sites for hydroxylation is 2. The van der Waals surface area contributed by atoms with Crippen molar-refractivity contribution in [3.05, 3.63) is 58.5 Å². The zero-order valence-electron chi connectivity index (χ0n) is 11.5. The number of halogens is 1. The first-order valence-corrected chi connectivity index (χ1v) is 7.35. The van der Waals surface area contributed by atoms with E-state index in [1.54, 1.807) is 12.1 Å². The van der Waals surface area contributed by atoms with E-state index in [1.165, 1.54) is 17.7 Å². The number of nitrogens with zero attached hydrogens (tertiary/aromatic N) is 1. The maximum Gasteiger partial charge on any atom is 0.136 e. The fraction of sp³-hybridized carbons (Fsp3) is 0.250. The average Bonchev–Trinajstić information content (AvgIpc) is 2.92. The second-order valence-electron chi connectivity index (χ2n) is 5.19. The highest BCUT2D eigenvalue weighted by Gasteiger charge is 2.17. The summed E-state index contributed by atoms with van der Waals surface area (Å²) in [6.45, 7) is 0.557. The highest BCUT2D eigenvalue weighted by Crippen LogP contribution is 2.25. The number of nitrogens with two attached hydrogens (primary N) is 1. The number of fused-ring (bicyclic) bond motifs is 1. The molecule has 1 aliphatic rings. The summed E-state index contributed by atoms with van der Waals surface area (Å²) in [4.78, 5) is 5.00. The zero-order chi connectivity index (χ0) is 14.8. The third-order valence-electron chi connectivity index (χ3n) is 3.69. The molecule has 0 aliphatic heterocycles. The van der Waals surface area contributed by atoms with E-state index >= 15 is 0 Å². The van der Waals surface area contributed by atoms with Crippen molar-refractivity contribution in [2.75, 3.05) is 5.32 Å². The fourth-order valence-electron chi connectivity index (χ4n) is 2.58. The molecule has 5 heteroatoms. The van der Waals surface area contributed by atoms with Gasteiger partial charge in [0.25, 0.3) is 0 Å². The molecule has 21 heavy (non-hydrogen) atoms. The Morgan fingerprint density at radius 2 is 2.05 bits per heavy atom. The van der Waals surface area contributed by atoms with Gasteiger partial charge in [-0.15, -0.1) is 0 Å². The molecule has 3 nitrogen and oxygen atoms in total. The molecule has 0 fully saturated rings. The van der Waals surface area contributed by atoms with Gasteiger partial charge in [0.05, 0.1) is 5.56 Å². The molecule has 0 bridgehead atoms. The van der Waals surface area contributed by atoms with Gasteiger partial charge in [0, 0.05) is 12.2 Å². The molecule has 2 aromatic rings. The lowest BCUT2D eigenvalue weighted by atomic mass is 10.1. The maximum atomic E-state index is 12.9. The lowest BCUT2D eigenvalue weighted by Crippen LogP contribution is -2.15. The largest absolute Gasteiger partial charge is 0.389 e. The van der Waals surface area contributed by atoms with Crippen molar-refractivity contribution in [1.29, 1.82) is 0 Å². The van der Waals surface area contributed by atoms with E-state index in [9.17, 15) is 4.39 Å². The summed E-state index contributed by atoms with van der Waals surface area (Å²) in [5.41, 5.74) is 9.93. The van der Waals surface area contributed by atoms with Crippen molar-refractivity contribution in [2.24, 2.45) is 5.73 Å². The SMILES string of the molecule is NC(=S)c1cc2c(nc1NCc1ccc(F)cc1)CCC2. The van der Waals surface area contributed by atoms with Gasteiger partial charge in [-0.3, -0.25) is 0 Å². The molecule has 3 N–H and O–H groups in total. The summed E-state index contributed by atoms with van der Waals surface area (Å²) in [7, 11) is 0. The second kappa shape index (κ2) is 5.77. The Morgan fingerprint density at radius 1 is 1.29 bits per heavy atom. The van der Waals surface area contributed by atoms with Gasteiger partial charge >= 0.3 is 0 Å². The van der Waals surface area contributed by atoms with Gasteiger partial charge in [-0.05, 0) is 48.6 Å². The molecular formula is C16H16FN3S. The lowest BCUT2D eigenvalue weighted by Gasteiger charge is -2.13. The van der Waals surface area contributed by atoms with Crippen molar-refractivity contribution < 1.29 is 4.39 Å².